The van der Waals surface area contributed by atoms with Gasteiger partial charge in [-0.05, 0) is 39.3 Å². The molecule has 0 spiro atoms. The van der Waals surface area contributed by atoms with E-state index in [0.717, 1.165) is 6.54 Å². The Morgan fingerprint density at radius 2 is 2.25 bits per heavy atom. The van der Waals surface area contributed by atoms with E-state index in [1.54, 1.807) is 0 Å². The quantitative estimate of drug-likeness (QED) is 0.484. The molecule has 0 aromatic carbocycles. The third-order valence-electron chi connectivity index (χ3n) is 2.43. The Hall–Kier alpha value is -0.480. The number of rotatable bonds is 8. The van der Waals surface area contributed by atoms with Gasteiger partial charge in [0.05, 0.1) is 6.61 Å². The van der Waals surface area contributed by atoms with Crippen molar-refractivity contribution in [1.82, 2.24) is 4.90 Å². The van der Waals surface area contributed by atoms with Crippen LogP contribution in [0.25, 0.3) is 0 Å². The summed E-state index contributed by atoms with van der Waals surface area (Å²) in [6, 6.07) is 0.541. The van der Waals surface area contributed by atoms with Gasteiger partial charge in [-0.15, -0.1) is 0 Å². The molecular formula is C12H23NO2S. The number of likely N-dealkylation sites (N-methyl/N-ethyl adjacent to an activating group) is 1. The van der Waals surface area contributed by atoms with Crippen LogP contribution in [-0.4, -0.2) is 49.1 Å². The molecule has 0 aromatic rings. The maximum Gasteiger partial charge on any atom is 0.330 e. The van der Waals surface area contributed by atoms with Crippen molar-refractivity contribution >= 4 is 17.7 Å². The minimum absolute atomic E-state index is 0.257. The maximum absolute atomic E-state index is 11.0. The number of nitrogens with zero attached hydrogens (tertiary/aromatic N) is 1. The average Bonchev–Trinajstić information content (AvgIpc) is 2.26. The van der Waals surface area contributed by atoms with E-state index in [0.29, 0.717) is 12.6 Å². The van der Waals surface area contributed by atoms with Crippen molar-refractivity contribution in [3.63, 3.8) is 0 Å². The molecule has 0 amide bonds. The highest BCUT2D eigenvalue weighted by atomic mass is 32.2. The van der Waals surface area contributed by atoms with Gasteiger partial charge in [-0.3, -0.25) is 4.90 Å². The van der Waals surface area contributed by atoms with Crippen LogP contribution in [0.5, 0.6) is 0 Å². The molecule has 1 atom stereocenters. The lowest BCUT2D eigenvalue weighted by Gasteiger charge is -2.22. The topological polar surface area (TPSA) is 29.5 Å². The van der Waals surface area contributed by atoms with E-state index in [9.17, 15) is 4.79 Å². The van der Waals surface area contributed by atoms with Crippen molar-refractivity contribution in [3.05, 3.63) is 12.2 Å². The molecule has 16 heavy (non-hydrogen) atoms. The van der Waals surface area contributed by atoms with Gasteiger partial charge in [0.25, 0.3) is 0 Å². The lowest BCUT2D eigenvalue weighted by Crippen LogP contribution is -2.29. The molecular weight excluding hydrogens is 222 g/mol. The normalized spacial score (nSPS) is 13.3. The predicted molar refractivity (Wildman–Crippen MR) is 70.9 cm³/mol. The lowest BCUT2D eigenvalue weighted by atomic mass is 10.2. The number of carbonyl (C=O) groups is 1. The Kier molecular flexibility index (Phi) is 9.43. The molecule has 94 valence electrons. The minimum Gasteiger partial charge on any atom is -0.463 e. The second kappa shape index (κ2) is 9.73. The molecule has 0 aliphatic carbocycles. The van der Waals surface area contributed by atoms with Gasteiger partial charge in [-0.2, -0.15) is 11.8 Å². The van der Waals surface area contributed by atoms with E-state index in [1.165, 1.54) is 18.2 Å². The Balaban J connectivity index is 3.78. The molecule has 0 saturated heterocycles. The first kappa shape index (κ1) is 15.5. The number of thioether (sulfide) groups is 1. The third-order valence-corrected chi connectivity index (χ3v) is 3.07. The Bertz CT molecular complexity index is 219. The Morgan fingerprint density at radius 3 is 2.81 bits per heavy atom. The van der Waals surface area contributed by atoms with Crippen molar-refractivity contribution in [2.75, 3.05) is 32.2 Å². The Morgan fingerprint density at radius 1 is 1.56 bits per heavy atom. The maximum atomic E-state index is 11.0. The fourth-order valence-electron chi connectivity index (χ4n) is 1.19. The standard InChI is InChI=1S/C12H23NO2S/c1-5-15-12(14)7-6-9-13(3)11(2)8-10-16-4/h6-7,11H,5,8-10H2,1-4H3/b7-6+. The summed E-state index contributed by atoms with van der Waals surface area (Å²) in [5.41, 5.74) is 0. The molecule has 0 N–H and O–H groups in total. The van der Waals surface area contributed by atoms with Gasteiger partial charge in [0.15, 0.2) is 0 Å². The van der Waals surface area contributed by atoms with Crippen molar-refractivity contribution < 1.29 is 9.53 Å². The van der Waals surface area contributed by atoms with Crippen molar-refractivity contribution in [2.45, 2.75) is 26.3 Å². The van der Waals surface area contributed by atoms with Crippen LogP contribution in [0.2, 0.25) is 0 Å². The summed E-state index contributed by atoms with van der Waals surface area (Å²) >= 11 is 1.86. The van der Waals surface area contributed by atoms with Gasteiger partial charge in [-0.25, -0.2) is 4.79 Å². The molecule has 0 aliphatic heterocycles. The van der Waals surface area contributed by atoms with E-state index in [1.807, 2.05) is 24.8 Å². The van der Waals surface area contributed by atoms with Gasteiger partial charge >= 0.3 is 5.97 Å². The summed E-state index contributed by atoms with van der Waals surface area (Å²) in [6.45, 7) is 5.23. The van der Waals surface area contributed by atoms with Gasteiger partial charge in [0.1, 0.15) is 0 Å². The van der Waals surface area contributed by atoms with Crippen LogP contribution >= 0.6 is 11.8 Å². The average molecular weight is 245 g/mol. The van der Waals surface area contributed by atoms with Gasteiger partial charge in [-0.1, -0.05) is 6.08 Å². The largest absolute Gasteiger partial charge is 0.463 e. The third kappa shape index (κ3) is 7.77. The first-order chi connectivity index (χ1) is 7.61. The minimum atomic E-state index is -0.257. The molecule has 0 heterocycles. The summed E-state index contributed by atoms with van der Waals surface area (Å²) in [4.78, 5) is 13.3. The van der Waals surface area contributed by atoms with Crippen LogP contribution in [0.3, 0.4) is 0 Å². The van der Waals surface area contributed by atoms with Gasteiger partial charge in [0.2, 0.25) is 0 Å². The molecule has 0 aliphatic rings. The molecule has 0 saturated carbocycles. The molecule has 3 nitrogen and oxygen atoms in total. The second-order valence-corrected chi connectivity index (χ2v) is 4.71. The van der Waals surface area contributed by atoms with Crippen molar-refractivity contribution in [3.8, 4) is 0 Å². The number of hydrogen-bond donors (Lipinski definition) is 0. The molecule has 4 heteroatoms. The van der Waals surface area contributed by atoms with Crippen LogP contribution in [0.15, 0.2) is 12.2 Å². The van der Waals surface area contributed by atoms with Crippen LogP contribution in [-0.2, 0) is 9.53 Å². The molecule has 1 unspecified atom stereocenters. The number of esters is 1. The lowest BCUT2D eigenvalue weighted by molar-refractivity contribution is -0.137. The zero-order valence-electron chi connectivity index (χ0n) is 10.7. The predicted octanol–water partition coefficient (Wildman–Crippen LogP) is 2.18. The SMILES string of the molecule is CCOC(=O)/C=C/CN(C)C(C)CCSC. The van der Waals surface area contributed by atoms with Crippen molar-refractivity contribution in [2.24, 2.45) is 0 Å². The highest BCUT2D eigenvalue weighted by molar-refractivity contribution is 7.98. The van der Waals surface area contributed by atoms with Crippen LogP contribution < -0.4 is 0 Å². The summed E-state index contributed by atoms with van der Waals surface area (Å²) in [6.07, 6.45) is 6.65. The number of ether oxygens (including phenoxy) is 1. The fraction of sp³-hybridized carbons (Fsp3) is 0.750. The van der Waals surface area contributed by atoms with E-state index in [4.69, 9.17) is 4.74 Å². The van der Waals surface area contributed by atoms with E-state index < -0.39 is 0 Å². The van der Waals surface area contributed by atoms with Crippen molar-refractivity contribution in [1.29, 1.82) is 0 Å². The zero-order valence-corrected chi connectivity index (χ0v) is 11.5. The number of hydrogen-bond acceptors (Lipinski definition) is 4. The van der Waals surface area contributed by atoms with E-state index >= 15 is 0 Å². The van der Waals surface area contributed by atoms with E-state index in [-0.39, 0.29) is 5.97 Å². The first-order valence-corrected chi connectivity index (χ1v) is 7.03. The van der Waals surface area contributed by atoms with Gasteiger partial charge < -0.3 is 4.74 Å². The number of carbonyl (C=O) groups excluding carboxylic acids is 1. The van der Waals surface area contributed by atoms with Crippen LogP contribution in [0.1, 0.15) is 20.3 Å². The summed E-state index contributed by atoms with van der Waals surface area (Å²) < 4.78 is 4.80. The van der Waals surface area contributed by atoms with Crippen LogP contribution in [0, 0.1) is 0 Å². The zero-order chi connectivity index (χ0) is 12.4. The van der Waals surface area contributed by atoms with Crippen LogP contribution in [0.4, 0.5) is 0 Å². The molecule has 0 radical (unpaired) electrons. The van der Waals surface area contributed by atoms with E-state index in [2.05, 4.69) is 25.1 Å². The smallest absolute Gasteiger partial charge is 0.330 e. The highest BCUT2D eigenvalue weighted by Gasteiger charge is 2.06. The summed E-state index contributed by atoms with van der Waals surface area (Å²) in [5, 5.41) is 0. The molecule has 0 aromatic heterocycles. The highest BCUT2D eigenvalue weighted by Crippen LogP contribution is 2.05. The monoisotopic (exact) mass is 245 g/mol. The first-order valence-electron chi connectivity index (χ1n) is 5.64. The van der Waals surface area contributed by atoms with Gasteiger partial charge in [0, 0.05) is 18.7 Å². The molecule has 0 bridgehead atoms. The second-order valence-electron chi connectivity index (χ2n) is 3.72. The summed E-state index contributed by atoms with van der Waals surface area (Å²) in [7, 11) is 2.07. The Labute approximate surface area is 103 Å². The molecule has 0 rings (SSSR count). The summed E-state index contributed by atoms with van der Waals surface area (Å²) in [5.74, 6) is 0.917. The fourth-order valence-corrected chi connectivity index (χ4v) is 1.77. The molecule has 0 fully saturated rings.